The Morgan fingerprint density at radius 1 is 1.33 bits per heavy atom. The average Bonchev–Trinajstić information content (AvgIpc) is 2.35. The van der Waals surface area contributed by atoms with Gasteiger partial charge >= 0.3 is 0 Å². The minimum absolute atomic E-state index is 0.0357. The summed E-state index contributed by atoms with van der Waals surface area (Å²) in [4.78, 5) is 11.8. The van der Waals surface area contributed by atoms with Gasteiger partial charge in [0.25, 0.3) is 5.91 Å². The molecule has 1 amide bonds. The van der Waals surface area contributed by atoms with Crippen LogP contribution in [-0.2, 0) is 0 Å². The van der Waals surface area contributed by atoms with Gasteiger partial charge in [-0.05, 0) is 31.4 Å². The first-order chi connectivity index (χ1) is 8.58. The number of benzene rings is 1. The number of hydrogen-bond acceptors (Lipinski definition) is 2. The molecule has 3 nitrogen and oxygen atoms in total. The predicted molar refractivity (Wildman–Crippen MR) is 65.0 cm³/mol. The number of halogens is 2. The first kappa shape index (κ1) is 12.5. The number of nitrogens with one attached hydrogen (secondary N) is 1. The fraction of sp³-hybridized carbons (Fsp3) is 0.308. The topological polar surface area (TPSA) is 55.1 Å². The lowest BCUT2D eigenvalue weighted by Crippen LogP contribution is -2.35. The SMILES string of the molecule is Nc1cc(F)cc(C(=O)NC2CC=CCC2)c1F. The number of nitrogens with two attached hydrogens (primary N) is 1. The van der Waals surface area contributed by atoms with Crippen LogP contribution in [0.25, 0.3) is 0 Å². The zero-order valence-corrected chi connectivity index (χ0v) is 9.75. The fourth-order valence-corrected chi connectivity index (χ4v) is 1.96. The van der Waals surface area contributed by atoms with Crippen LogP contribution in [0, 0.1) is 11.6 Å². The zero-order valence-electron chi connectivity index (χ0n) is 9.75. The molecule has 1 aliphatic carbocycles. The molecule has 2 rings (SSSR count). The van der Waals surface area contributed by atoms with Gasteiger partial charge in [-0.25, -0.2) is 8.78 Å². The summed E-state index contributed by atoms with van der Waals surface area (Å²) in [5.74, 6) is -2.22. The maximum Gasteiger partial charge on any atom is 0.254 e. The lowest BCUT2D eigenvalue weighted by atomic mass is 10.0. The number of hydrogen-bond donors (Lipinski definition) is 2. The van der Waals surface area contributed by atoms with Crippen LogP contribution in [-0.4, -0.2) is 11.9 Å². The highest BCUT2D eigenvalue weighted by Crippen LogP contribution is 2.18. The van der Waals surface area contributed by atoms with Crippen molar-refractivity contribution in [1.82, 2.24) is 5.32 Å². The van der Waals surface area contributed by atoms with E-state index in [2.05, 4.69) is 5.32 Å². The summed E-state index contributed by atoms with van der Waals surface area (Å²) in [5, 5.41) is 2.68. The molecule has 5 heteroatoms. The molecule has 0 heterocycles. The van der Waals surface area contributed by atoms with Gasteiger partial charge in [-0.1, -0.05) is 12.2 Å². The molecule has 0 saturated carbocycles. The van der Waals surface area contributed by atoms with E-state index in [1.807, 2.05) is 12.2 Å². The van der Waals surface area contributed by atoms with Crippen molar-refractivity contribution in [2.24, 2.45) is 0 Å². The molecular formula is C13H14F2N2O. The Bertz CT molecular complexity index is 500. The highest BCUT2D eigenvalue weighted by Gasteiger charge is 2.19. The van der Waals surface area contributed by atoms with Gasteiger partial charge in [0.15, 0.2) is 5.82 Å². The van der Waals surface area contributed by atoms with E-state index in [0.717, 1.165) is 25.0 Å². The molecule has 1 atom stereocenters. The van der Waals surface area contributed by atoms with E-state index >= 15 is 0 Å². The first-order valence-corrected chi connectivity index (χ1v) is 5.78. The molecule has 0 aromatic heterocycles. The molecule has 0 bridgehead atoms. The number of allylic oxidation sites excluding steroid dienone is 1. The normalized spacial score (nSPS) is 18.7. The molecule has 1 aromatic rings. The summed E-state index contributed by atoms with van der Waals surface area (Å²) in [6.45, 7) is 0. The monoisotopic (exact) mass is 252 g/mol. The molecule has 96 valence electrons. The Kier molecular flexibility index (Phi) is 3.60. The van der Waals surface area contributed by atoms with E-state index in [4.69, 9.17) is 5.73 Å². The van der Waals surface area contributed by atoms with E-state index < -0.39 is 17.5 Å². The standard InChI is InChI=1S/C13H14F2N2O/c14-8-6-10(12(15)11(16)7-8)13(18)17-9-4-2-1-3-5-9/h1-2,6-7,9H,3-5,16H2,(H,17,18). The Morgan fingerprint density at radius 3 is 2.78 bits per heavy atom. The Morgan fingerprint density at radius 2 is 2.11 bits per heavy atom. The fourth-order valence-electron chi connectivity index (χ4n) is 1.96. The van der Waals surface area contributed by atoms with E-state index in [0.29, 0.717) is 6.42 Å². The lowest BCUT2D eigenvalue weighted by Gasteiger charge is -2.19. The highest BCUT2D eigenvalue weighted by molar-refractivity contribution is 5.95. The molecule has 0 aliphatic heterocycles. The summed E-state index contributed by atoms with van der Waals surface area (Å²) in [6, 6.07) is 1.68. The minimum atomic E-state index is -0.875. The summed E-state index contributed by atoms with van der Waals surface area (Å²) in [7, 11) is 0. The second-order valence-corrected chi connectivity index (χ2v) is 4.31. The van der Waals surface area contributed by atoms with E-state index in [-0.39, 0.29) is 17.3 Å². The van der Waals surface area contributed by atoms with Gasteiger partial charge in [0.2, 0.25) is 0 Å². The molecular weight excluding hydrogens is 238 g/mol. The second kappa shape index (κ2) is 5.16. The average molecular weight is 252 g/mol. The maximum absolute atomic E-state index is 13.6. The maximum atomic E-state index is 13.6. The molecule has 18 heavy (non-hydrogen) atoms. The third kappa shape index (κ3) is 2.67. The van der Waals surface area contributed by atoms with Crippen molar-refractivity contribution in [2.75, 3.05) is 5.73 Å². The van der Waals surface area contributed by atoms with Gasteiger partial charge in [-0.3, -0.25) is 4.79 Å². The zero-order chi connectivity index (χ0) is 13.1. The van der Waals surface area contributed by atoms with Crippen molar-refractivity contribution in [1.29, 1.82) is 0 Å². The third-order valence-electron chi connectivity index (χ3n) is 2.91. The van der Waals surface area contributed by atoms with E-state index in [1.165, 1.54) is 0 Å². The van der Waals surface area contributed by atoms with Crippen molar-refractivity contribution in [2.45, 2.75) is 25.3 Å². The number of rotatable bonds is 2. The van der Waals surface area contributed by atoms with Crippen LogP contribution in [0.2, 0.25) is 0 Å². The van der Waals surface area contributed by atoms with Gasteiger partial charge in [-0.2, -0.15) is 0 Å². The molecule has 1 unspecified atom stereocenters. The largest absolute Gasteiger partial charge is 0.396 e. The third-order valence-corrected chi connectivity index (χ3v) is 2.91. The van der Waals surface area contributed by atoms with Gasteiger partial charge in [0.1, 0.15) is 5.82 Å². The van der Waals surface area contributed by atoms with Crippen LogP contribution >= 0.6 is 0 Å². The van der Waals surface area contributed by atoms with Crippen molar-refractivity contribution < 1.29 is 13.6 Å². The molecule has 0 saturated heterocycles. The van der Waals surface area contributed by atoms with Crippen molar-refractivity contribution >= 4 is 11.6 Å². The van der Waals surface area contributed by atoms with Gasteiger partial charge < -0.3 is 11.1 Å². The van der Waals surface area contributed by atoms with Crippen LogP contribution in [0.4, 0.5) is 14.5 Å². The Labute approximate surface area is 104 Å². The summed E-state index contributed by atoms with van der Waals surface area (Å²) in [6.07, 6.45) is 6.37. The number of nitrogen functional groups attached to an aromatic ring is 1. The summed E-state index contributed by atoms with van der Waals surface area (Å²) < 4.78 is 26.7. The number of carbonyl (C=O) groups is 1. The molecule has 3 N–H and O–H groups in total. The smallest absolute Gasteiger partial charge is 0.254 e. The number of carbonyl (C=O) groups excluding carboxylic acids is 1. The van der Waals surface area contributed by atoms with Crippen molar-refractivity contribution in [3.05, 3.63) is 41.5 Å². The van der Waals surface area contributed by atoms with Crippen molar-refractivity contribution in [3.8, 4) is 0 Å². The van der Waals surface area contributed by atoms with Gasteiger partial charge in [0, 0.05) is 6.04 Å². The van der Waals surface area contributed by atoms with Crippen LogP contribution in [0.3, 0.4) is 0 Å². The minimum Gasteiger partial charge on any atom is -0.396 e. The second-order valence-electron chi connectivity index (χ2n) is 4.31. The van der Waals surface area contributed by atoms with Crippen LogP contribution in [0.5, 0.6) is 0 Å². The molecule has 1 aliphatic rings. The summed E-state index contributed by atoms with van der Waals surface area (Å²) in [5.41, 5.74) is 4.58. The van der Waals surface area contributed by atoms with Crippen LogP contribution < -0.4 is 11.1 Å². The highest BCUT2D eigenvalue weighted by atomic mass is 19.1. The van der Waals surface area contributed by atoms with Crippen molar-refractivity contribution in [3.63, 3.8) is 0 Å². The quantitative estimate of drug-likeness (QED) is 0.627. The van der Waals surface area contributed by atoms with Crippen LogP contribution in [0.1, 0.15) is 29.6 Å². The predicted octanol–water partition coefficient (Wildman–Crippen LogP) is 2.39. The van der Waals surface area contributed by atoms with Crippen LogP contribution in [0.15, 0.2) is 24.3 Å². The number of anilines is 1. The number of amides is 1. The first-order valence-electron chi connectivity index (χ1n) is 5.78. The Balaban J connectivity index is 2.15. The molecule has 0 fully saturated rings. The van der Waals surface area contributed by atoms with E-state index in [9.17, 15) is 13.6 Å². The molecule has 0 radical (unpaired) electrons. The molecule has 0 spiro atoms. The molecule has 1 aromatic carbocycles. The lowest BCUT2D eigenvalue weighted by molar-refractivity contribution is 0.0930. The Hall–Kier alpha value is -1.91. The van der Waals surface area contributed by atoms with E-state index in [1.54, 1.807) is 0 Å². The van der Waals surface area contributed by atoms with Gasteiger partial charge in [0.05, 0.1) is 11.3 Å². The van der Waals surface area contributed by atoms with Gasteiger partial charge in [-0.15, -0.1) is 0 Å². The summed E-state index contributed by atoms with van der Waals surface area (Å²) >= 11 is 0.